The predicted octanol–water partition coefficient (Wildman–Crippen LogP) is 6.36. The smallest absolute Gasteiger partial charge is 0.263 e. The molecule has 0 spiro atoms. The number of nitrogens with zero attached hydrogens (tertiary/aromatic N) is 1. The summed E-state index contributed by atoms with van der Waals surface area (Å²) in [6.45, 7) is 6.40. The van der Waals surface area contributed by atoms with Gasteiger partial charge in [-0.3, -0.25) is 14.5 Å². The number of hydrogen-bond donors (Lipinski definition) is 0. The molecule has 0 saturated heterocycles. The fraction of sp³-hybridized carbons (Fsp3) is 0.556. The fourth-order valence-electron chi connectivity index (χ4n) is 4.12. The molecule has 136 valence electrons. The molecule has 0 unspecified atom stereocenters. The largest absolute Gasteiger partial charge is 0.271 e. The van der Waals surface area contributed by atoms with Crippen LogP contribution in [0.5, 0.6) is 0 Å². The van der Waals surface area contributed by atoms with Crippen molar-refractivity contribution in [2.24, 2.45) is 17.8 Å². The number of halogens is 4. The van der Waals surface area contributed by atoms with Crippen LogP contribution in [0.2, 0.25) is 20.1 Å². The van der Waals surface area contributed by atoms with Gasteiger partial charge in [0.05, 0.1) is 31.2 Å². The number of fused-ring (bicyclic) bond motifs is 1. The second-order valence-corrected chi connectivity index (χ2v) is 8.89. The van der Waals surface area contributed by atoms with Crippen molar-refractivity contribution in [2.75, 3.05) is 0 Å². The van der Waals surface area contributed by atoms with E-state index in [1.807, 2.05) is 0 Å². The molecule has 1 aliphatic heterocycles. The molecular weight excluding hydrogens is 404 g/mol. The van der Waals surface area contributed by atoms with Crippen molar-refractivity contribution in [3.8, 4) is 0 Å². The van der Waals surface area contributed by atoms with Gasteiger partial charge in [-0.1, -0.05) is 73.6 Å². The van der Waals surface area contributed by atoms with Gasteiger partial charge in [0, 0.05) is 6.04 Å². The summed E-state index contributed by atoms with van der Waals surface area (Å²) < 4.78 is 0. The SMILES string of the molecule is CC(C)[C@@H]1CC[C@@H](C)C[C@@H]1N1C(=O)c2c(Cl)c(Cl)c(Cl)c(Cl)c2C1=O. The van der Waals surface area contributed by atoms with E-state index in [2.05, 4.69) is 20.8 Å². The Bertz CT molecular complexity index is 715. The first kappa shape index (κ1) is 19.3. The summed E-state index contributed by atoms with van der Waals surface area (Å²) in [7, 11) is 0. The van der Waals surface area contributed by atoms with Gasteiger partial charge in [-0.05, 0) is 30.6 Å². The number of carbonyl (C=O) groups is 2. The molecule has 3 atom stereocenters. The number of hydrogen-bond acceptors (Lipinski definition) is 2. The van der Waals surface area contributed by atoms with Gasteiger partial charge in [-0.2, -0.15) is 0 Å². The van der Waals surface area contributed by atoms with Crippen LogP contribution in [-0.2, 0) is 0 Å². The van der Waals surface area contributed by atoms with Crippen molar-refractivity contribution in [1.82, 2.24) is 4.90 Å². The van der Waals surface area contributed by atoms with Crippen LogP contribution in [0.25, 0.3) is 0 Å². The molecule has 1 aromatic rings. The van der Waals surface area contributed by atoms with E-state index in [0.29, 0.717) is 11.8 Å². The third-order valence-electron chi connectivity index (χ3n) is 5.45. The highest BCUT2D eigenvalue weighted by Crippen LogP contribution is 2.47. The second-order valence-electron chi connectivity index (χ2n) is 7.38. The monoisotopic (exact) mass is 421 g/mol. The molecular formula is C18H19Cl4NO2. The Balaban J connectivity index is 2.11. The van der Waals surface area contributed by atoms with Crippen LogP contribution in [-0.4, -0.2) is 22.8 Å². The van der Waals surface area contributed by atoms with Crippen LogP contribution in [0, 0.1) is 17.8 Å². The molecule has 0 radical (unpaired) electrons. The third-order valence-corrected chi connectivity index (χ3v) is 7.25. The molecule has 1 aromatic carbocycles. The molecule has 0 N–H and O–H groups in total. The van der Waals surface area contributed by atoms with Crippen molar-refractivity contribution in [2.45, 2.75) is 46.1 Å². The average Bonchev–Trinajstić information content (AvgIpc) is 2.81. The van der Waals surface area contributed by atoms with Crippen LogP contribution in [0.4, 0.5) is 0 Å². The molecule has 1 fully saturated rings. The lowest BCUT2D eigenvalue weighted by atomic mass is 9.73. The number of amides is 2. The molecule has 25 heavy (non-hydrogen) atoms. The minimum Gasteiger partial charge on any atom is -0.271 e. The molecule has 1 aliphatic carbocycles. The summed E-state index contributed by atoms with van der Waals surface area (Å²) in [5.74, 6) is 0.217. The predicted molar refractivity (Wildman–Crippen MR) is 102 cm³/mol. The summed E-state index contributed by atoms with van der Waals surface area (Å²) in [6, 6.07) is -0.166. The minimum atomic E-state index is -0.421. The number of carbonyl (C=O) groups excluding carboxylic acids is 2. The molecule has 2 aliphatic rings. The van der Waals surface area contributed by atoms with Crippen LogP contribution in [0.1, 0.15) is 60.7 Å². The summed E-state index contributed by atoms with van der Waals surface area (Å²) in [6.07, 6.45) is 2.87. The van der Waals surface area contributed by atoms with Crippen LogP contribution >= 0.6 is 46.4 Å². The summed E-state index contributed by atoms with van der Waals surface area (Å²) in [5.41, 5.74) is 0.151. The van der Waals surface area contributed by atoms with E-state index in [9.17, 15) is 9.59 Å². The number of benzene rings is 1. The van der Waals surface area contributed by atoms with Crippen LogP contribution < -0.4 is 0 Å². The lowest BCUT2D eigenvalue weighted by Crippen LogP contribution is -2.48. The maximum absolute atomic E-state index is 13.1. The Kier molecular flexibility index (Phi) is 5.34. The van der Waals surface area contributed by atoms with Gasteiger partial charge in [0.2, 0.25) is 0 Å². The first-order valence-corrected chi connectivity index (χ1v) is 9.91. The highest BCUT2D eigenvalue weighted by molar-refractivity contribution is 6.55. The maximum Gasteiger partial charge on any atom is 0.263 e. The van der Waals surface area contributed by atoms with E-state index >= 15 is 0 Å². The first-order chi connectivity index (χ1) is 11.7. The zero-order valence-electron chi connectivity index (χ0n) is 14.2. The molecule has 1 heterocycles. The van der Waals surface area contributed by atoms with Crippen molar-refractivity contribution < 1.29 is 9.59 Å². The fourth-order valence-corrected chi connectivity index (χ4v) is 5.13. The van der Waals surface area contributed by atoms with Gasteiger partial charge < -0.3 is 0 Å². The zero-order chi connectivity index (χ0) is 18.6. The van der Waals surface area contributed by atoms with Crippen molar-refractivity contribution >= 4 is 58.2 Å². The highest BCUT2D eigenvalue weighted by atomic mass is 35.5. The second kappa shape index (κ2) is 6.92. The van der Waals surface area contributed by atoms with Gasteiger partial charge in [0.15, 0.2) is 0 Å². The van der Waals surface area contributed by atoms with E-state index in [1.54, 1.807) is 0 Å². The van der Waals surface area contributed by atoms with Crippen molar-refractivity contribution in [1.29, 1.82) is 0 Å². The highest BCUT2D eigenvalue weighted by Gasteiger charge is 2.48. The van der Waals surface area contributed by atoms with Gasteiger partial charge >= 0.3 is 0 Å². The quantitative estimate of drug-likeness (QED) is 0.316. The lowest BCUT2D eigenvalue weighted by molar-refractivity contribution is 0.0373. The van der Waals surface area contributed by atoms with Gasteiger partial charge in [0.1, 0.15) is 0 Å². The standard InChI is InChI=1S/C18H19Cl4NO2/c1-7(2)9-5-4-8(3)6-10(9)23-17(24)11-12(18(23)25)14(20)16(22)15(21)13(11)19/h7-10H,4-6H2,1-3H3/t8-,9+,10+/m1/s1. The van der Waals surface area contributed by atoms with Crippen molar-refractivity contribution in [3.05, 3.63) is 31.2 Å². The Morgan fingerprint density at radius 3 is 1.80 bits per heavy atom. The molecule has 0 bridgehead atoms. The van der Waals surface area contributed by atoms with Crippen molar-refractivity contribution in [3.63, 3.8) is 0 Å². The minimum absolute atomic E-state index is 0.00290. The molecule has 3 rings (SSSR count). The maximum atomic E-state index is 13.1. The molecule has 1 saturated carbocycles. The normalized spacial score (nSPS) is 26.6. The molecule has 7 heteroatoms. The molecule has 3 nitrogen and oxygen atoms in total. The Hall–Kier alpha value is -0.480. The van der Waals surface area contributed by atoms with Gasteiger partial charge in [0.25, 0.3) is 11.8 Å². The topological polar surface area (TPSA) is 37.4 Å². The number of rotatable bonds is 2. The van der Waals surface area contributed by atoms with Crippen LogP contribution in [0.3, 0.4) is 0 Å². The summed E-state index contributed by atoms with van der Waals surface area (Å²) in [5, 5.41) is 0.00810. The lowest BCUT2D eigenvalue weighted by Gasteiger charge is -2.41. The van der Waals surface area contributed by atoms with Gasteiger partial charge in [-0.15, -0.1) is 0 Å². The Morgan fingerprint density at radius 1 is 0.880 bits per heavy atom. The summed E-state index contributed by atoms with van der Waals surface area (Å²) >= 11 is 24.6. The van der Waals surface area contributed by atoms with E-state index in [-0.39, 0.29) is 43.2 Å². The number of imide groups is 1. The molecule has 2 amide bonds. The third kappa shape index (κ3) is 2.97. The van der Waals surface area contributed by atoms with Gasteiger partial charge in [-0.25, -0.2) is 0 Å². The first-order valence-electron chi connectivity index (χ1n) is 8.40. The Morgan fingerprint density at radius 2 is 1.36 bits per heavy atom. The van der Waals surface area contributed by atoms with E-state index in [1.165, 1.54) is 4.90 Å². The van der Waals surface area contributed by atoms with E-state index in [0.717, 1.165) is 19.3 Å². The van der Waals surface area contributed by atoms with E-state index in [4.69, 9.17) is 46.4 Å². The molecule has 0 aromatic heterocycles. The average molecular weight is 423 g/mol. The van der Waals surface area contributed by atoms with E-state index < -0.39 is 11.8 Å². The van der Waals surface area contributed by atoms with Crippen LogP contribution in [0.15, 0.2) is 0 Å². The Labute approximate surface area is 167 Å². The zero-order valence-corrected chi connectivity index (χ0v) is 17.2. The summed E-state index contributed by atoms with van der Waals surface area (Å²) in [4.78, 5) is 27.5.